The van der Waals surface area contributed by atoms with Gasteiger partial charge in [-0.3, -0.25) is 9.10 Å². The van der Waals surface area contributed by atoms with E-state index in [9.17, 15) is 13.2 Å². The van der Waals surface area contributed by atoms with Crippen molar-refractivity contribution < 1.29 is 17.9 Å². The van der Waals surface area contributed by atoms with Crippen LogP contribution in [0.2, 0.25) is 0 Å². The maximum absolute atomic E-state index is 13.6. The van der Waals surface area contributed by atoms with Crippen LogP contribution < -0.4 is 14.4 Å². The number of para-hydroxylation sites is 2. The van der Waals surface area contributed by atoms with E-state index in [1.807, 2.05) is 72.8 Å². The molecule has 1 aliphatic rings. The molecule has 0 bridgehead atoms. The zero-order chi connectivity index (χ0) is 22.6. The number of sulfonamides is 1. The third-order valence-corrected chi connectivity index (χ3v) is 7.11. The van der Waals surface area contributed by atoms with Crippen LogP contribution in [0.1, 0.15) is 18.1 Å². The number of anilines is 1. The molecule has 0 saturated heterocycles. The Morgan fingerprint density at radius 3 is 2.22 bits per heavy atom. The summed E-state index contributed by atoms with van der Waals surface area (Å²) in [6.45, 7) is 2.36. The molecule has 6 nitrogen and oxygen atoms in total. The molecule has 0 aromatic heterocycles. The van der Waals surface area contributed by atoms with Crippen molar-refractivity contribution in [2.75, 3.05) is 24.0 Å². The second kappa shape index (κ2) is 9.28. The first-order chi connectivity index (χ1) is 15.5. The van der Waals surface area contributed by atoms with Crippen LogP contribution in [-0.4, -0.2) is 34.0 Å². The van der Waals surface area contributed by atoms with E-state index >= 15 is 0 Å². The highest BCUT2D eigenvalue weighted by molar-refractivity contribution is 7.97. The zero-order valence-electron chi connectivity index (χ0n) is 17.7. The highest BCUT2D eigenvalue weighted by atomic mass is 32.2. The van der Waals surface area contributed by atoms with Crippen LogP contribution in [-0.2, 0) is 14.8 Å². The number of nitrogens with one attached hydrogen (secondary N) is 1. The first-order valence-electron chi connectivity index (χ1n) is 10.4. The molecule has 164 valence electrons. The van der Waals surface area contributed by atoms with E-state index in [1.165, 1.54) is 4.31 Å². The molecule has 1 amide bonds. The van der Waals surface area contributed by atoms with Crippen LogP contribution in [0.4, 0.5) is 5.69 Å². The Kier molecular flexibility index (Phi) is 6.28. The molecule has 1 heterocycles. The van der Waals surface area contributed by atoms with Crippen LogP contribution in [0.3, 0.4) is 0 Å². The maximum atomic E-state index is 13.6. The highest BCUT2D eigenvalue weighted by Gasteiger charge is 2.40. The summed E-state index contributed by atoms with van der Waals surface area (Å²) in [5, 5.41) is 2.73. The van der Waals surface area contributed by atoms with Gasteiger partial charge in [-0.15, -0.1) is 0 Å². The molecule has 0 fully saturated rings. The topological polar surface area (TPSA) is 75.7 Å². The van der Waals surface area contributed by atoms with E-state index in [4.69, 9.17) is 4.74 Å². The van der Waals surface area contributed by atoms with Crippen molar-refractivity contribution in [2.45, 2.75) is 6.92 Å². The number of rotatable bonds is 7. The predicted octanol–water partition coefficient (Wildman–Crippen LogP) is 3.81. The van der Waals surface area contributed by atoms with E-state index in [0.717, 1.165) is 0 Å². The second-order valence-electron chi connectivity index (χ2n) is 7.17. The molecule has 0 radical (unpaired) electrons. The van der Waals surface area contributed by atoms with Gasteiger partial charge in [0.2, 0.25) is 0 Å². The fraction of sp³-hybridized carbons (Fsp3) is 0.160. The minimum Gasteiger partial charge on any atom is -0.492 e. The average Bonchev–Trinajstić information content (AvgIpc) is 2.82. The van der Waals surface area contributed by atoms with Crippen molar-refractivity contribution in [3.05, 3.63) is 101 Å². The highest BCUT2D eigenvalue weighted by Crippen LogP contribution is 2.42. The summed E-state index contributed by atoms with van der Waals surface area (Å²) in [7, 11) is -4.05. The Bertz CT molecular complexity index is 1240. The van der Waals surface area contributed by atoms with Gasteiger partial charge < -0.3 is 10.1 Å². The van der Waals surface area contributed by atoms with Gasteiger partial charge in [-0.25, -0.2) is 8.42 Å². The summed E-state index contributed by atoms with van der Waals surface area (Å²) in [4.78, 5) is 13.0. The van der Waals surface area contributed by atoms with Gasteiger partial charge >= 0.3 is 0 Å². The summed E-state index contributed by atoms with van der Waals surface area (Å²) in [6, 6.07) is 25.6. The second-order valence-corrected chi connectivity index (χ2v) is 8.97. The van der Waals surface area contributed by atoms with Crippen molar-refractivity contribution >= 4 is 27.2 Å². The standard InChI is InChI=1S/C25H24N2O4S/c1-2-27-22-16-10-9-15-21(22)23(19-11-5-3-6-12-19)24(32(27,29)30)25(28)26-17-18-31-20-13-7-4-8-14-20/h3-16H,2,17-18H2,1H3,(H,26,28). The minimum atomic E-state index is -4.05. The number of carbonyl (C=O) groups excluding carboxylic acids is 1. The van der Waals surface area contributed by atoms with E-state index < -0.39 is 15.9 Å². The van der Waals surface area contributed by atoms with Gasteiger partial charge in [-0.05, 0) is 30.7 Å². The number of ether oxygens (including phenoxy) is 1. The van der Waals surface area contributed by atoms with Gasteiger partial charge in [0.25, 0.3) is 15.9 Å². The molecule has 32 heavy (non-hydrogen) atoms. The van der Waals surface area contributed by atoms with Crippen molar-refractivity contribution in [3.63, 3.8) is 0 Å². The molecule has 7 heteroatoms. The summed E-state index contributed by atoms with van der Waals surface area (Å²) in [5.41, 5.74) is 2.36. The molecule has 3 aromatic carbocycles. The summed E-state index contributed by atoms with van der Waals surface area (Å²) in [6.07, 6.45) is 0. The smallest absolute Gasteiger partial charge is 0.270 e. The number of carbonyl (C=O) groups is 1. The Morgan fingerprint density at radius 2 is 1.53 bits per heavy atom. The molecule has 0 spiro atoms. The maximum Gasteiger partial charge on any atom is 0.270 e. The number of fused-ring (bicyclic) bond motifs is 1. The van der Waals surface area contributed by atoms with Crippen molar-refractivity contribution in [3.8, 4) is 5.75 Å². The molecule has 0 atom stereocenters. The predicted molar refractivity (Wildman–Crippen MR) is 126 cm³/mol. The number of benzene rings is 3. The van der Waals surface area contributed by atoms with Gasteiger partial charge in [0.05, 0.1) is 12.2 Å². The molecule has 0 saturated carbocycles. The third-order valence-electron chi connectivity index (χ3n) is 5.17. The van der Waals surface area contributed by atoms with Crippen molar-refractivity contribution in [1.82, 2.24) is 5.32 Å². The van der Waals surface area contributed by atoms with E-state index in [2.05, 4.69) is 5.32 Å². The fourth-order valence-electron chi connectivity index (χ4n) is 3.79. The summed E-state index contributed by atoms with van der Waals surface area (Å²) in [5.74, 6) is 0.0378. The monoisotopic (exact) mass is 448 g/mol. The van der Waals surface area contributed by atoms with Crippen molar-refractivity contribution in [1.29, 1.82) is 0 Å². The normalized spacial score (nSPS) is 14.6. The molecule has 1 aliphatic heterocycles. The van der Waals surface area contributed by atoms with Crippen LogP contribution in [0.15, 0.2) is 89.8 Å². The quantitative estimate of drug-likeness (QED) is 0.558. The molecule has 0 aliphatic carbocycles. The Labute approximate surface area is 188 Å². The zero-order valence-corrected chi connectivity index (χ0v) is 18.5. The molecular weight excluding hydrogens is 424 g/mol. The summed E-state index contributed by atoms with van der Waals surface area (Å²) >= 11 is 0. The average molecular weight is 449 g/mol. The number of nitrogens with zero attached hydrogens (tertiary/aromatic N) is 1. The first kappa shape index (κ1) is 21.6. The Balaban J connectivity index is 1.71. The van der Waals surface area contributed by atoms with Gasteiger partial charge in [-0.1, -0.05) is 66.7 Å². The number of hydrogen-bond acceptors (Lipinski definition) is 4. The van der Waals surface area contributed by atoms with Gasteiger partial charge in [0, 0.05) is 17.7 Å². The molecule has 4 rings (SSSR count). The SMILES string of the molecule is CCN1c2ccccc2C(c2ccccc2)=C(C(=O)NCCOc2ccccc2)S1(=O)=O. The van der Waals surface area contributed by atoms with Crippen LogP contribution in [0, 0.1) is 0 Å². The number of hydrogen-bond donors (Lipinski definition) is 1. The first-order valence-corrected chi connectivity index (χ1v) is 11.9. The number of amides is 1. The van der Waals surface area contributed by atoms with Crippen LogP contribution in [0.5, 0.6) is 5.75 Å². The van der Waals surface area contributed by atoms with Crippen molar-refractivity contribution in [2.24, 2.45) is 0 Å². The lowest BCUT2D eigenvalue weighted by Crippen LogP contribution is -2.42. The fourth-order valence-corrected chi connectivity index (χ4v) is 5.56. The van der Waals surface area contributed by atoms with E-state index in [-0.39, 0.29) is 24.6 Å². The van der Waals surface area contributed by atoms with Gasteiger partial charge in [-0.2, -0.15) is 0 Å². The minimum absolute atomic E-state index is 0.169. The molecular formula is C25H24N2O4S. The van der Waals surface area contributed by atoms with Gasteiger partial charge in [0.1, 0.15) is 12.4 Å². The van der Waals surface area contributed by atoms with E-state index in [0.29, 0.717) is 28.1 Å². The van der Waals surface area contributed by atoms with E-state index in [1.54, 1.807) is 19.1 Å². The van der Waals surface area contributed by atoms with Gasteiger partial charge in [0.15, 0.2) is 4.91 Å². The third kappa shape index (κ3) is 4.11. The van der Waals surface area contributed by atoms with Crippen LogP contribution >= 0.6 is 0 Å². The largest absolute Gasteiger partial charge is 0.492 e. The molecule has 3 aromatic rings. The lowest BCUT2D eigenvalue weighted by Gasteiger charge is -2.32. The molecule has 0 unspecified atom stereocenters. The summed E-state index contributed by atoms with van der Waals surface area (Å²) < 4.78 is 34.0. The lowest BCUT2D eigenvalue weighted by molar-refractivity contribution is -0.116. The Morgan fingerprint density at radius 1 is 0.906 bits per heavy atom. The van der Waals surface area contributed by atoms with Crippen LogP contribution in [0.25, 0.3) is 5.57 Å². The lowest BCUT2D eigenvalue weighted by atomic mass is 9.95. The Hall–Kier alpha value is -3.58. The molecule has 1 N–H and O–H groups in total.